The molecule has 9 nitrogen and oxygen atoms in total. The molecular formula is C26H19F3N2O7. The maximum absolute atomic E-state index is 13.7. The highest BCUT2D eigenvalue weighted by Gasteiger charge is 2.59. The van der Waals surface area contributed by atoms with Crippen molar-refractivity contribution in [2.45, 2.75) is 31.0 Å². The summed E-state index contributed by atoms with van der Waals surface area (Å²) in [5, 5.41) is 35.5. The number of carbonyl (C=O) groups is 3. The Morgan fingerprint density at radius 3 is 2.29 bits per heavy atom. The molecule has 0 saturated heterocycles. The van der Waals surface area contributed by atoms with Crippen LogP contribution in [0.1, 0.15) is 34.3 Å². The van der Waals surface area contributed by atoms with Gasteiger partial charge < -0.3 is 21.1 Å². The van der Waals surface area contributed by atoms with Gasteiger partial charge in [0.15, 0.2) is 17.2 Å². The number of ketones is 2. The van der Waals surface area contributed by atoms with Crippen molar-refractivity contribution in [3.05, 3.63) is 80.6 Å². The molecular weight excluding hydrogens is 509 g/mol. The molecule has 2 aromatic carbocycles. The number of nitrogens with two attached hydrogens (primary N) is 1. The zero-order valence-corrected chi connectivity index (χ0v) is 19.4. The standard InChI is InChI=1S/C26H19F3N2O7/c27-26(28,29)12-3-1-10(2-4-12)14-5-6-16(32)19-15(14)8-11-7-13-9-17(33)20(24(30)36)23(35)25(13,37)22(31-38)18(11)21(19)34/h1-6,11,13,32,35,37H,7-9H2,(H2,30,36)/t11?,13-,25-/m0/s1. The van der Waals surface area contributed by atoms with Crippen LogP contribution in [-0.4, -0.2) is 38.4 Å². The number of benzene rings is 2. The Morgan fingerprint density at radius 2 is 1.71 bits per heavy atom. The number of carbonyl (C=O) groups excluding carboxylic acids is 3. The number of halogens is 3. The number of phenolic OH excluding ortho intramolecular Hbond substituents is 1. The summed E-state index contributed by atoms with van der Waals surface area (Å²) in [5.41, 5.74) is 0.517. The monoisotopic (exact) mass is 528 g/mol. The summed E-state index contributed by atoms with van der Waals surface area (Å²) in [4.78, 5) is 50.0. The second-order valence-electron chi connectivity index (χ2n) is 9.56. The van der Waals surface area contributed by atoms with Crippen molar-refractivity contribution in [2.24, 2.45) is 22.7 Å². The zero-order chi connectivity index (χ0) is 27.7. The van der Waals surface area contributed by atoms with E-state index < -0.39 is 75.8 Å². The van der Waals surface area contributed by atoms with Crippen LogP contribution >= 0.6 is 0 Å². The molecule has 2 aromatic rings. The van der Waals surface area contributed by atoms with Gasteiger partial charge in [0.1, 0.15) is 22.8 Å². The van der Waals surface area contributed by atoms with Crippen LogP contribution in [-0.2, 0) is 22.2 Å². The summed E-state index contributed by atoms with van der Waals surface area (Å²) in [6, 6.07) is 6.88. The van der Waals surface area contributed by atoms with Crippen LogP contribution in [0, 0.1) is 16.7 Å². The van der Waals surface area contributed by atoms with E-state index in [0.29, 0.717) is 16.7 Å². The lowest BCUT2D eigenvalue weighted by Gasteiger charge is -2.46. The predicted molar refractivity (Wildman–Crippen MR) is 124 cm³/mol. The maximum Gasteiger partial charge on any atom is 0.416 e. The van der Waals surface area contributed by atoms with E-state index in [9.17, 15) is 47.8 Å². The molecule has 1 unspecified atom stereocenters. The van der Waals surface area contributed by atoms with Gasteiger partial charge in [-0.25, -0.2) is 0 Å². The van der Waals surface area contributed by atoms with E-state index in [-0.39, 0.29) is 24.0 Å². The molecule has 12 heteroatoms. The van der Waals surface area contributed by atoms with Gasteiger partial charge in [0.05, 0.1) is 11.1 Å². The van der Waals surface area contributed by atoms with Crippen LogP contribution in [0.2, 0.25) is 0 Å². The van der Waals surface area contributed by atoms with Crippen molar-refractivity contribution >= 4 is 17.5 Å². The first kappa shape index (κ1) is 25.3. The fraction of sp³-hybridized carbons (Fsp3) is 0.269. The second kappa shape index (κ2) is 8.35. The molecule has 3 atom stereocenters. The number of fused-ring (bicyclic) bond motifs is 3. The molecule has 3 aliphatic rings. The van der Waals surface area contributed by atoms with Crippen LogP contribution in [0.15, 0.2) is 64.2 Å². The SMILES string of the molecule is NC(=O)C1=C(O)[C@@]2(O)C(N=O)=C3C(=O)c4c(O)ccc(-c5ccc(C(F)(F)F)cc5)c4CC3C[C@H]2CC1=O. The number of Topliss-reactive ketones (excluding diaryl/α,β-unsaturated/α-hetero) is 2. The van der Waals surface area contributed by atoms with E-state index in [4.69, 9.17) is 5.73 Å². The number of rotatable bonds is 3. The molecule has 5 N–H and O–H groups in total. The van der Waals surface area contributed by atoms with Crippen molar-refractivity contribution in [3.8, 4) is 16.9 Å². The molecule has 1 amide bonds. The molecule has 0 spiro atoms. The van der Waals surface area contributed by atoms with E-state index in [1.54, 1.807) is 0 Å². The van der Waals surface area contributed by atoms with E-state index in [1.165, 1.54) is 24.3 Å². The fourth-order valence-electron chi connectivity index (χ4n) is 5.85. The average Bonchev–Trinajstić information content (AvgIpc) is 2.84. The summed E-state index contributed by atoms with van der Waals surface area (Å²) in [5.74, 6) is -6.59. The Hall–Kier alpha value is -4.32. The summed E-state index contributed by atoms with van der Waals surface area (Å²) >= 11 is 0. The van der Waals surface area contributed by atoms with Crippen molar-refractivity contribution in [2.75, 3.05) is 0 Å². The van der Waals surface area contributed by atoms with Crippen LogP contribution < -0.4 is 5.73 Å². The molecule has 0 aromatic heterocycles. The number of allylic oxidation sites excluding steroid dienone is 1. The van der Waals surface area contributed by atoms with Crippen molar-refractivity contribution in [3.63, 3.8) is 0 Å². The van der Waals surface area contributed by atoms with Gasteiger partial charge >= 0.3 is 6.18 Å². The van der Waals surface area contributed by atoms with Crippen molar-refractivity contribution < 1.29 is 42.9 Å². The highest BCUT2D eigenvalue weighted by atomic mass is 19.4. The minimum Gasteiger partial charge on any atom is -0.508 e. The molecule has 0 aliphatic heterocycles. The lowest BCUT2D eigenvalue weighted by atomic mass is 9.60. The Bertz CT molecular complexity index is 1510. The second-order valence-corrected chi connectivity index (χ2v) is 9.56. The number of alkyl halides is 3. The number of aliphatic hydroxyl groups is 2. The number of primary amides is 1. The maximum atomic E-state index is 13.7. The summed E-state index contributed by atoms with van der Waals surface area (Å²) < 4.78 is 39.1. The fourth-order valence-corrected chi connectivity index (χ4v) is 5.85. The van der Waals surface area contributed by atoms with E-state index in [1.807, 2.05) is 0 Å². The Labute approximate surface area is 212 Å². The summed E-state index contributed by atoms with van der Waals surface area (Å²) in [7, 11) is 0. The number of aromatic hydroxyl groups is 1. The van der Waals surface area contributed by atoms with Crippen LogP contribution in [0.5, 0.6) is 5.75 Å². The summed E-state index contributed by atoms with van der Waals surface area (Å²) in [6.07, 6.45) is -5.09. The number of aliphatic hydroxyl groups excluding tert-OH is 1. The van der Waals surface area contributed by atoms with E-state index in [2.05, 4.69) is 5.18 Å². The molecule has 196 valence electrons. The van der Waals surface area contributed by atoms with E-state index in [0.717, 1.165) is 12.1 Å². The number of nitrogens with zero attached hydrogens (tertiary/aromatic N) is 1. The normalized spacial score (nSPS) is 25.1. The number of phenols is 1. The minimum atomic E-state index is -4.55. The first-order valence-electron chi connectivity index (χ1n) is 11.4. The Kier molecular flexibility index (Phi) is 5.57. The van der Waals surface area contributed by atoms with Crippen molar-refractivity contribution in [1.29, 1.82) is 0 Å². The number of amides is 1. The first-order chi connectivity index (χ1) is 17.8. The molecule has 0 radical (unpaired) electrons. The summed E-state index contributed by atoms with van der Waals surface area (Å²) in [6.45, 7) is 0. The highest BCUT2D eigenvalue weighted by Crippen LogP contribution is 2.54. The first-order valence-corrected chi connectivity index (χ1v) is 11.4. The van der Waals surface area contributed by atoms with Gasteiger partial charge in [0.2, 0.25) is 0 Å². The predicted octanol–water partition coefficient (Wildman–Crippen LogP) is 3.47. The third kappa shape index (κ3) is 3.47. The van der Waals surface area contributed by atoms with Crippen molar-refractivity contribution in [1.82, 2.24) is 0 Å². The third-order valence-electron chi connectivity index (χ3n) is 7.57. The molecule has 5 rings (SSSR count). The minimum absolute atomic E-state index is 0.00804. The Morgan fingerprint density at radius 1 is 1.05 bits per heavy atom. The number of hydrogen-bond donors (Lipinski definition) is 4. The van der Waals surface area contributed by atoms with Gasteiger partial charge in [-0.05, 0) is 58.8 Å². The zero-order valence-electron chi connectivity index (χ0n) is 19.4. The molecule has 0 fully saturated rings. The van der Waals surface area contributed by atoms with E-state index >= 15 is 0 Å². The average molecular weight is 528 g/mol. The van der Waals surface area contributed by atoms with Crippen LogP contribution in [0.3, 0.4) is 0 Å². The Balaban J connectivity index is 1.70. The topological polar surface area (TPSA) is 167 Å². The largest absolute Gasteiger partial charge is 0.508 e. The lowest BCUT2D eigenvalue weighted by Crippen LogP contribution is -2.53. The lowest BCUT2D eigenvalue weighted by molar-refractivity contribution is -0.137. The van der Waals surface area contributed by atoms with Gasteiger partial charge in [0, 0.05) is 17.9 Å². The smallest absolute Gasteiger partial charge is 0.416 e. The van der Waals surface area contributed by atoms with Gasteiger partial charge in [-0.15, -0.1) is 4.91 Å². The third-order valence-corrected chi connectivity index (χ3v) is 7.57. The van der Waals surface area contributed by atoms with Gasteiger partial charge in [-0.2, -0.15) is 13.2 Å². The number of hydrogen-bond acceptors (Lipinski definition) is 8. The highest BCUT2D eigenvalue weighted by molar-refractivity contribution is 6.20. The molecule has 3 aliphatic carbocycles. The molecule has 38 heavy (non-hydrogen) atoms. The van der Waals surface area contributed by atoms with Gasteiger partial charge in [0.25, 0.3) is 5.91 Å². The van der Waals surface area contributed by atoms with Crippen LogP contribution in [0.25, 0.3) is 11.1 Å². The molecule has 0 saturated carbocycles. The van der Waals surface area contributed by atoms with Crippen LogP contribution in [0.4, 0.5) is 13.2 Å². The number of nitroso groups, excluding NO2 is 1. The van der Waals surface area contributed by atoms with Gasteiger partial charge in [-0.3, -0.25) is 14.4 Å². The quantitative estimate of drug-likeness (QED) is 0.349. The molecule has 0 heterocycles. The van der Waals surface area contributed by atoms with Gasteiger partial charge in [-0.1, -0.05) is 18.2 Å². The molecule has 0 bridgehead atoms.